The summed E-state index contributed by atoms with van der Waals surface area (Å²) < 4.78 is 30.7. The molecule has 4 aromatic rings. The Morgan fingerprint density at radius 1 is 1.18 bits per heavy atom. The number of carbonyl (C=O) groups excluding carboxylic acids is 1. The number of fused-ring (bicyclic) bond motifs is 2. The molecule has 1 fully saturated rings. The van der Waals surface area contributed by atoms with E-state index in [0.717, 1.165) is 21.4 Å². The number of nitrogens with zero attached hydrogens (tertiary/aromatic N) is 6. The number of H-pyrrole nitrogens is 1. The van der Waals surface area contributed by atoms with Crippen LogP contribution in [0.2, 0.25) is 5.02 Å². The summed E-state index contributed by atoms with van der Waals surface area (Å²) in [7, 11) is -1.89. The Hall–Kier alpha value is -3.26. The van der Waals surface area contributed by atoms with Crippen molar-refractivity contribution in [3.05, 3.63) is 65.7 Å². The molecular weight excluding hydrogens is 548 g/mol. The van der Waals surface area contributed by atoms with E-state index in [1.807, 2.05) is 30.1 Å². The highest BCUT2D eigenvalue weighted by Gasteiger charge is 2.41. The van der Waals surface area contributed by atoms with Gasteiger partial charge in [0.1, 0.15) is 7.05 Å². The van der Waals surface area contributed by atoms with Gasteiger partial charge in [0.05, 0.1) is 21.5 Å². The minimum atomic E-state index is -3.82. The highest BCUT2D eigenvalue weighted by molar-refractivity contribution is 8.01. The van der Waals surface area contributed by atoms with E-state index in [1.165, 1.54) is 16.1 Å². The molecular formula is C24H24ClN8O3S2+. The minimum absolute atomic E-state index is 0.109. The van der Waals surface area contributed by atoms with Gasteiger partial charge < -0.3 is 10.2 Å². The third kappa shape index (κ3) is 4.70. The molecule has 11 nitrogen and oxygen atoms in total. The van der Waals surface area contributed by atoms with Crippen LogP contribution in [0.15, 0.2) is 64.6 Å². The summed E-state index contributed by atoms with van der Waals surface area (Å²) in [5, 5.41) is 19.2. The zero-order valence-electron chi connectivity index (χ0n) is 20.3. The van der Waals surface area contributed by atoms with Crippen molar-refractivity contribution < 1.29 is 17.8 Å². The summed E-state index contributed by atoms with van der Waals surface area (Å²) in [6.07, 6.45) is 4.16. The first-order valence-corrected chi connectivity index (χ1v) is 14.6. The van der Waals surface area contributed by atoms with Crippen LogP contribution in [0.5, 0.6) is 0 Å². The number of aromatic nitrogens is 5. The van der Waals surface area contributed by atoms with Gasteiger partial charge in [0, 0.05) is 37.1 Å². The van der Waals surface area contributed by atoms with Crippen molar-refractivity contribution in [3.8, 4) is 0 Å². The lowest BCUT2D eigenvalue weighted by Crippen LogP contribution is -2.59. The van der Waals surface area contributed by atoms with Gasteiger partial charge in [0.25, 0.3) is 5.91 Å². The highest BCUT2D eigenvalue weighted by Crippen LogP contribution is 2.38. The summed E-state index contributed by atoms with van der Waals surface area (Å²) in [4.78, 5) is 16.6. The molecule has 2 N–H and O–H groups in total. The Balaban J connectivity index is 1.25. The number of rotatable bonds is 5. The van der Waals surface area contributed by atoms with Crippen molar-refractivity contribution in [1.29, 1.82) is 0 Å². The van der Waals surface area contributed by atoms with Gasteiger partial charge in [-0.3, -0.25) is 4.79 Å². The number of nitrogens with one attached hydrogen (secondary N) is 2. The number of sulfonamides is 1. The minimum Gasteiger partial charge on any atom is -0.364 e. The molecule has 14 heteroatoms. The molecule has 2 unspecified atom stereocenters. The van der Waals surface area contributed by atoms with E-state index in [2.05, 4.69) is 25.9 Å². The first kappa shape index (κ1) is 25.0. The van der Waals surface area contributed by atoms with Gasteiger partial charge in [-0.1, -0.05) is 40.7 Å². The molecule has 2 aromatic heterocycles. The maximum atomic E-state index is 13.7. The predicted molar refractivity (Wildman–Crippen MR) is 142 cm³/mol. The van der Waals surface area contributed by atoms with Crippen LogP contribution in [0.25, 0.3) is 10.8 Å². The second-order valence-corrected chi connectivity index (χ2v) is 12.8. The number of halogens is 1. The summed E-state index contributed by atoms with van der Waals surface area (Å²) in [6.45, 7) is 0.530. The Morgan fingerprint density at radius 2 is 2.00 bits per heavy atom. The van der Waals surface area contributed by atoms with Crippen LogP contribution >= 0.6 is 23.4 Å². The lowest BCUT2D eigenvalue weighted by molar-refractivity contribution is -0.673. The van der Waals surface area contributed by atoms with Gasteiger partial charge in [-0.05, 0) is 35.0 Å². The number of anilines is 1. The first-order chi connectivity index (χ1) is 18.3. The van der Waals surface area contributed by atoms with Gasteiger partial charge in [0.2, 0.25) is 10.0 Å². The number of amides is 1. The van der Waals surface area contributed by atoms with E-state index in [0.29, 0.717) is 10.8 Å². The Morgan fingerprint density at radius 3 is 2.82 bits per heavy atom. The van der Waals surface area contributed by atoms with Crippen molar-refractivity contribution in [2.75, 3.05) is 25.0 Å². The van der Waals surface area contributed by atoms with Gasteiger partial charge in [-0.15, -0.1) is 10.2 Å². The quantitative estimate of drug-likeness (QED) is 0.347. The zero-order valence-corrected chi connectivity index (χ0v) is 22.7. The molecule has 0 spiro atoms. The first-order valence-electron chi connectivity index (χ1n) is 11.9. The number of piperazine rings is 1. The number of carbonyl (C=O) groups is 1. The highest BCUT2D eigenvalue weighted by atomic mass is 35.5. The Bertz CT molecular complexity index is 1630. The molecule has 1 amide bonds. The van der Waals surface area contributed by atoms with Crippen LogP contribution in [-0.2, 0) is 28.3 Å². The number of benzene rings is 2. The van der Waals surface area contributed by atoms with Gasteiger partial charge >= 0.3 is 0 Å². The van der Waals surface area contributed by atoms with Gasteiger partial charge in [-0.2, -0.15) is 9.52 Å². The van der Waals surface area contributed by atoms with E-state index in [-0.39, 0.29) is 36.9 Å². The molecule has 38 heavy (non-hydrogen) atoms. The topological polar surface area (TPSA) is 128 Å². The van der Waals surface area contributed by atoms with E-state index in [1.54, 1.807) is 41.3 Å². The van der Waals surface area contributed by atoms with Crippen molar-refractivity contribution in [1.82, 2.24) is 29.8 Å². The average Bonchev–Trinajstić information content (AvgIpc) is 3.57. The SMILES string of the molecule is C[n+]1ccc2c(c1)SC(C(=O)N1CCN(S(=O)(=O)c3ccc4cc(Cl)ccc4c3)CC1Cc1nn[nH]n1)N2. The number of hydrogen-bond donors (Lipinski definition) is 2. The van der Waals surface area contributed by atoms with Crippen molar-refractivity contribution in [3.63, 3.8) is 0 Å². The number of pyridine rings is 1. The van der Waals surface area contributed by atoms with E-state index < -0.39 is 21.4 Å². The predicted octanol–water partition coefficient (Wildman–Crippen LogP) is 1.82. The number of thioether (sulfide) groups is 1. The lowest BCUT2D eigenvalue weighted by atomic mass is 10.1. The Labute approximate surface area is 228 Å². The largest absolute Gasteiger partial charge is 0.364 e. The number of aryl methyl sites for hydroxylation is 1. The second kappa shape index (κ2) is 9.80. The monoisotopic (exact) mass is 571 g/mol. The fraction of sp³-hybridized carbons (Fsp3) is 0.292. The van der Waals surface area contributed by atoms with Crippen LogP contribution in [-0.4, -0.2) is 75.2 Å². The summed E-state index contributed by atoms with van der Waals surface area (Å²) in [5.41, 5.74) is 0.903. The second-order valence-electron chi connectivity index (χ2n) is 9.26. The van der Waals surface area contributed by atoms with Crippen LogP contribution in [0, 0.1) is 0 Å². The molecule has 6 rings (SSSR count). The molecule has 0 aliphatic carbocycles. The van der Waals surface area contributed by atoms with Crippen LogP contribution in [0.3, 0.4) is 0 Å². The molecule has 196 valence electrons. The van der Waals surface area contributed by atoms with Crippen molar-refractivity contribution in [2.45, 2.75) is 27.6 Å². The van der Waals surface area contributed by atoms with Crippen LogP contribution in [0.1, 0.15) is 5.82 Å². The Kier molecular flexibility index (Phi) is 6.46. The third-order valence-electron chi connectivity index (χ3n) is 6.77. The number of aromatic amines is 1. The summed E-state index contributed by atoms with van der Waals surface area (Å²) in [6, 6.07) is 11.8. The molecule has 2 atom stereocenters. The molecule has 0 bridgehead atoms. The summed E-state index contributed by atoms with van der Waals surface area (Å²) in [5.74, 6) is 0.305. The lowest BCUT2D eigenvalue weighted by Gasteiger charge is -2.41. The molecule has 2 aliphatic rings. The van der Waals surface area contributed by atoms with Crippen molar-refractivity contribution >= 4 is 55.8 Å². The molecule has 4 heterocycles. The van der Waals surface area contributed by atoms with E-state index in [4.69, 9.17) is 11.6 Å². The fourth-order valence-corrected chi connectivity index (χ4v) is 7.68. The van der Waals surface area contributed by atoms with Gasteiger partial charge in [-0.25, -0.2) is 13.0 Å². The van der Waals surface area contributed by atoms with E-state index in [9.17, 15) is 13.2 Å². The molecule has 2 aromatic carbocycles. The fourth-order valence-electron chi connectivity index (χ4n) is 4.84. The van der Waals surface area contributed by atoms with Crippen molar-refractivity contribution in [2.24, 2.45) is 7.05 Å². The number of hydrogen-bond acceptors (Lipinski definition) is 8. The molecule has 0 radical (unpaired) electrons. The zero-order chi connectivity index (χ0) is 26.4. The van der Waals surface area contributed by atoms with Crippen LogP contribution < -0.4 is 9.88 Å². The normalized spacial score (nSPS) is 19.9. The molecule has 1 saturated heterocycles. The smallest absolute Gasteiger partial charge is 0.256 e. The summed E-state index contributed by atoms with van der Waals surface area (Å²) >= 11 is 7.53. The van der Waals surface area contributed by atoms with Crippen LogP contribution in [0.4, 0.5) is 5.69 Å². The maximum absolute atomic E-state index is 13.7. The number of tetrazole rings is 1. The molecule has 0 saturated carbocycles. The third-order valence-corrected chi connectivity index (χ3v) is 10.00. The maximum Gasteiger partial charge on any atom is 0.256 e. The van der Waals surface area contributed by atoms with E-state index >= 15 is 0 Å². The standard InChI is InChI=1S/C24H23ClN8O3S2/c1-31-7-6-20-21(14-31)37-23(26-20)24(34)33-9-8-32(13-18(33)12-22-27-29-30-28-22)38(35,36)19-5-3-15-10-17(25)4-2-16(15)11-19/h2-7,10-11,14,18,23H,8-9,12-13H2,1H3,(H,27,28,29,30)/p+1. The average molecular weight is 572 g/mol. The van der Waals surface area contributed by atoms with Gasteiger partial charge in [0.15, 0.2) is 23.6 Å². The molecule has 2 aliphatic heterocycles.